The summed E-state index contributed by atoms with van der Waals surface area (Å²) in [6.07, 6.45) is 0. The lowest BCUT2D eigenvalue weighted by molar-refractivity contribution is 0.0474. The number of nitriles is 1. The molecule has 5 nitrogen and oxygen atoms in total. The molecule has 1 atom stereocenters. The predicted octanol–water partition coefficient (Wildman–Crippen LogP) is 4.63. The zero-order valence-electron chi connectivity index (χ0n) is 16.7. The molecular weight excluding hydrogens is 364 g/mol. The van der Waals surface area contributed by atoms with E-state index < -0.39 is 5.97 Å². The van der Waals surface area contributed by atoms with E-state index in [9.17, 15) is 9.59 Å². The summed E-state index contributed by atoms with van der Waals surface area (Å²) in [6.45, 7) is 5.63. The lowest BCUT2D eigenvalue weighted by atomic mass is 10.1. The molecule has 0 amide bonds. The Kier molecular flexibility index (Phi) is 5.94. The molecule has 5 heteroatoms. The standard InChI is InChI=1S/C24H22N2O3/c1-16-13-22(18(3)26(16)17(2)20-7-5-4-6-8-20)23(27)15-29-24(28)21-11-9-19(14-25)10-12-21/h4-13,17H,15H2,1-3H3/t17-/m1/s1. The molecular formula is C24H22N2O3. The first-order valence-electron chi connectivity index (χ1n) is 9.36. The number of esters is 1. The number of aromatic nitrogens is 1. The van der Waals surface area contributed by atoms with E-state index in [4.69, 9.17) is 10.00 Å². The summed E-state index contributed by atoms with van der Waals surface area (Å²) in [5.41, 5.74) is 4.29. The fraction of sp³-hybridized carbons (Fsp3) is 0.208. The fourth-order valence-electron chi connectivity index (χ4n) is 3.51. The van der Waals surface area contributed by atoms with Gasteiger partial charge in [-0.2, -0.15) is 5.26 Å². The van der Waals surface area contributed by atoms with Crippen LogP contribution < -0.4 is 0 Å². The molecule has 0 aliphatic carbocycles. The van der Waals surface area contributed by atoms with Gasteiger partial charge >= 0.3 is 5.97 Å². The smallest absolute Gasteiger partial charge is 0.338 e. The number of rotatable bonds is 6. The third kappa shape index (κ3) is 4.27. The van der Waals surface area contributed by atoms with Crippen LogP contribution in [0.4, 0.5) is 0 Å². The van der Waals surface area contributed by atoms with Crippen LogP contribution in [0.1, 0.15) is 56.2 Å². The van der Waals surface area contributed by atoms with Crippen LogP contribution in [0.3, 0.4) is 0 Å². The van der Waals surface area contributed by atoms with Crippen molar-refractivity contribution in [2.75, 3.05) is 6.61 Å². The van der Waals surface area contributed by atoms with E-state index >= 15 is 0 Å². The largest absolute Gasteiger partial charge is 0.454 e. The highest BCUT2D eigenvalue weighted by Crippen LogP contribution is 2.25. The summed E-state index contributed by atoms with van der Waals surface area (Å²) in [5, 5.41) is 8.82. The summed E-state index contributed by atoms with van der Waals surface area (Å²) in [7, 11) is 0. The van der Waals surface area contributed by atoms with Crippen molar-refractivity contribution in [3.8, 4) is 6.07 Å². The number of Topliss-reactive ketones (excluding diaryl/α,β-unsaturated/α-hetero) is 1. The molecule has 0 saturated carbocycles. The van der Waals surface area contributed by atoms with Crippen LogP contribution in [0.5, 0.6) is 0 Å². The number of benzene rings is 2. The van der Waals surface area contributed by atoms with Crippen molar-refractivity contribution in [1.29, 1.82) is 5.26 Å². The Hall–Kier alpha value is -3.65. The number of hydrogen-bond acceptors (Lipinski definition) is 4. The SMILES string of the molecule is Cc1cc(C(=O)COC(=O)c2ccc(C#N)cc2)c(C)n1[C@H](C)c1ccccc1. The molecule has 0 fully saturated rings. The van der Waals surface area contributed by atoms with Gasteiger partial charge in [-0.05, 0) is 56.7 Å². The second-order valence-electron chi connectivity index (χ2n) is 6.93. The second-order valence-corrected chi connectivity index (χ2v) is 6.93. The first-order chi connectivity index (χ1) is 13.9. The van der Waals surface area contributed by atoms with E-state index in [0.29, 0.717) is 16.7 Å². The quantitative estimate of drug-likeness (QED) is 0.457. The molecule has 29 heavy (non-hydrogen) atoms. The Morgan fingerprint density at radius 1 is 1.07 bits per heavy atom. The summed E-state index contributed by atoms with van der Waals surface area (Å²) in [6, 6.07) is 20.1. The number of carbonyl (C=O) groups is 2. The van der Waals surface area contributed by atoms with Crippen molar-refractivity contribution in [2.45, 2.75) is 26.8 Å². The second kappa shape index (κ2) is 8.57. The Balaban J connectivity index is 1.73. The first-order valence-corrected chi connectivity index (χ1v) is 9.36. The highest BCUT2D eigenvalue weighted by Gasteiger charge is 2.21. The maximum Gasteiger partial charge on any atom is 0.338 e. The fourth-order valence-corrected chi connectivity index (χ4v) is 3.51. The molecule has 0 unspecified atom stereocenters. The highest BCUT2D eigenvalue weighted by molar-refractivity contribution is 6.00. The summed E-state index contributed by atoms with van der Waals surface area (Å²) < 4.78 is 7.30. The van der Waals surface area contributed by atoms with E-state index in [0.717, 1.165) is 17.0 Å². The van der Waals surface area contributed by atoms with Crippen LogP contribution in [0.15, 0.2) is 60.7 Å². The van der Waals surface area contributed by atoms with Crippen molar-refractivity contribution in [1.82, 2.24) is 4.57 Å². The Labute approximate surface area is 170 Å². The number of nitrogens with zero attached hydrogens (tertiary/aromatic N) is 2. The minimum absolute atomic E-state index is 0.0824. The maximum absolute atomic E-state index is 12.7. The average molecular weight is 386 g/mol. The van der Waals surface area contributed by atoms with E-state index in [1.807, 2.05) is 44.2 Å². The van der Waals surface area contributed by atoms with E-state index in [-0.39, 0.29) is 18.4 Å². The van der Waals surface area contributed by atoms with Gasteiger partial charge in [-0.3, -0.25) is 4.79 Å². The van der Waals surface area contributed by atoms with Crippen molar-refractivity contribution >= 4 is 11.8 Å². The van der Waals surface area contributed by atoms with Gasteiger partial charge in [0.2, 0.25) is 5.78 Å². The van der Waals surface area contributed by atoms with Gasteiger partial charge < -0.3 is 9.30 Å². The molecule has 3 aromatic rings. The molecule has 0 aliphatic rings. The van der Waals surface area contributed by atoms with E-state index in [1.54, 1.807) is 0 Å². The van der Waals surface area contributed by atoms with E-state index in [1.165, 1.54) is 24.3 Å². The first kappa shape index (κ1) is 20.1. The Morgan fingerprint density at radius 3 is 2.34 bits per heavy atom. The number of ether oxygens (including phenoxy) is 1. The normalized spacial score (nSPS) is 11.5. The molecule has 0 bridgehead atoms. The highest BCUT2D eigenvalue weighted by atomic mass is 16.5. The summed E-state index contributed by atoms with van der Waals surface area (Å²) in [4.78, 5) is 24.9. The number of aryl methyl sites for hydroxylation is 1. The lowest BCUT2D eigenvalue weighted by Crippen LogP contribution is -2.16. The summed E-state index contributed by atoms with van der Waals surface area (Å²) in [5.74, 6) is -0.832. The van der Waals surface area contributed by atoms with Gasteiger partial charge in [-0.1, -0.05) is 30.3 Å². The van der Waals surface area contributed by atoms with Crippen molar-refractivity contribution in [3.63, 3.8) is 0 Å². The maximum atomic E-state index is 12.7. The van der Waals surface area contributed by atoms with Crippen molar-refractivity contribution in [2.24, 2.45) is 0 Å². The molecule has 0 saturated heterocycles. The van der Waals surface area contributed by atoms with Gasteiger partial charge in [0.1, 0.15) is 0 Å². The number of carbonyl (C=O) groups excluding carboxylic acids is 2. The molecule has 0 radical (unpaired) electrons. The van der Waals surface area contributed by atoms with Crippen LogP contribution in [-0.2, 0) is 4.74 Å². The van der Waals surface area contributed by atoms with Gasteiger partial charge in [0.15, 0.2) is 6.61 Å². The third-order valence-corrected chi connectivity index (χ3v) is 5.04. The molecule has 146 valence electrons. The Morgan fingerprint density at radius 2 is 1.72 bits per heavy atom. The minimum atomic E-state index is -0.589. The van der Waals surface area contributed by atoms with E-state index in [2.05, 4.69) is 23.6 Å². The Bertz CT molecular complexity index is 1070. The van der Waals surface area contributed by atoms with Crippen LogP contribution >= 0.6 is 0 Å². The molecule has 1 heterocycles. The van der Waals surface area contributed by atoms with Gasteiger partial charge in [0, 0.05) is 17.0 Å². The van der Waals surface area contributed by atoms with Crippen LogP contribution in [-0.4, -0.2) is 22.9 Å². The van der Waals surface area contributed by atoms with Crippen LogP contribution in [0.25, 0.3) is 0 Å². The van der Waals surface area contributed by atoms with Crippen molar-refractivity contribution in [3.05, 3.63) is 94.3 Å². The average Bonchev–Trinajstić information content (AvgIpc) is 3.05. The zero-order chi connectivity index (χ0) is 21.0. The predicted molar refractivity (Wildman–Crippen MR) is 110 cm³/mol. The molecule has 0 spiro atoms. The van der Waals surface area contributed by atoms with Gasteiger partial charge in [0.05, 0.1) is 23.2 Å². The molecule has 3 rings (SSSR count). The lowest BCUT2D eigenvalue weighted by Gasteiger charge is -2.19. The molecule has 0 N–H and O–H groups in total. The summed E-state index contributed by atoms with van der Waals surface area (Å²) >= 11 is 0. The third-order valence-electron chi connectivity index (χ3n) is 5.04. The molecule has 0 aliphatic heterocycles. The van der Waals surface area contributed by atoms with Gasteiger partial charge in [-0.15, -0.1) is 0 Å². The minimum Gasteiger partial charge on any atom is -0.454 e. The van der Waals surface area contributed by atoms with Crippen LogP contribution in [0.2, 0.25) is 0 Å². The van der Waals surface area contributed by atoms with Gasteiger partial charge in [-0.25, -0.2) is 4.79 Å². The monoisotopic (exact) mass is 386 g/mol. The molecule has 1 aromatic heterocycles. The van der Waals surface area contributed by atoms with Crippen LogP contribution in [0, 0.1) is 25.2 Å². The number of hydrogen-bond donors (Lipinski definition) is 0. The topological polar surface area (TPSA) is 72.1 Å². The van der Waals surface area contributed by atoms with Crippen molar-refractivity contribution < 1.29 is 14.3 Å². The molecule has 2 aromatic carbocycles. The zero-order valence-corrected chi connectivity index (χ0v) is 16.7. The number of ketones is 1. The van der Waals surface area contributed by atoms with Gasteiger partial charge in [0.25, 0.3) is 0 Å².